The van der Waals surface area contributed by atoms with Gasteiger partial charge in [-0.3, -0.25) is 9.48 Å². The Morgan fingerprint density at radius 1 is 1.29 bits per heavy atom. The van der Waals surface area contributed by atoms with E-state index in [2.05, 4.69) is 10.4 Å². The van der Waals surface area contributed by atoms with E-state index in [0.29, 0.717) is 19.6 Å². The SMILES string of the molecule is O=C(CCCC[C@@H]1CCSS1)Nc1cnn(C[C@H]2COc3ccccc3O2)c1. The van der Waals surface area contributed by atoms with E-state index < -0.39 is 0 Å². The summed E-state index contributed by atoms with van der Waals surface area (Å²) in [6.45, 7) is 1.05. The third-order valence-electron chi connectivity index (χ3n) is 4.78. The monoisotopic (exact) mass is 419 g/mol. The van der Waals surface area contributed by atoms with Crippen molar-refractivity contribution in [2.75, 3.05) is 17.7 Å². The average Bonchev–Trinajstić information content (AvgIpc) is 3.37. The number of nitrogens with zero attached hydrogens (tertiary/aromatic N) is 2. The zero-order valence-electron chi connectivity index (χ0n) is 15.7. The van der Waals surface area contributed by atoms with Gasteiger partial charge >= 0.3 is 0 Å². The molecule has 8 heteroatoms. The van der Waals surface area contributed by atoms with Crippen LogP contribution in [0.25, 0.3) is 0 Å². The zero-order valence-corrected chi connectivity index (χ0v) is 17.3. The van der Waals surface area contributed by atoms with Crippen molar-refractivity contribution in [3.8, 4) is 11.5 Å². The minimum Gasteiger partial charge on any atom is -0.486 e. The first kappa shape index (κ1) is 19.5. The molecule has 6 nitrogen and oxygen atoms in total. The molecule has 2 aromatic rings. The summed E-state index contributed by atoms with van der Waals surface area (Å²) >= 11 is 0. The number of anilines is 1. The van der Waals surface area contributed by atoms with Crippen LogP contribution in [-0.4, -0.2) is 39.4 Å². The van der Waals surface area contributed by atoms with Crippen molar-refractivity contribution in [3.63, 3.8) is 0 Å². The molecule has 2 atom stereocenters. The van der Waals surface area contributed by atoms with Crippen molar-refractivity contribution in [2.45, 2.75) is 50.0 Å². The van der Waals surface area contributed by atoms with Crippen LogP contribution < -0.4 is 14.8 Å². The van der Waals surface area contributed by atoms with E-state index in [1.165, 1.54) is 18.6 Å². The first-order valence-corrected chi connectivity index (χ1v) is 12.1. The number of aromatic nitrogens is 2. The Kier molecular flexibility index (Phi) is 6.69. The molecular weight excluding hydrogens is 394 g/mol. The summed E-state index contributed by atoms with van der Waals surface area (Å²) in [5.41, 5.74) is 0.727. The Morgan fingerprint density at radius 3 is 3.04 bits per heavy atom. The number of carbonyl (C=O) groups excluding carboxylic acids is 1. The molecule has 1 aromatic carbocycles. The van der Waals surface area contributed by atoms with Crippen molar-refractivity contribution >= 4 is 33.2 Å². The smallest absolute Gasteiger partial charge is 0.224 e. The minimum atomic E-state index is -0.107. The van der Waals surface area contributed by atoms with E-state index in [9.17, 15) is 4.79 Å². The first-order valence-electron chi connectivity index (χ1n) is 9.75. The maximum Gasteiger partial charge on any atom is 0.224 e. The Bertz CT molecular complexity index is 793. The highest BCUT2D eigenvalue weighted by Gasteiger charge is 2.21. The molecule has 2 aliphatic rings. The van der Waals surface area contributed by atoms with Gasteiger partial charge in [-0.1, -0.05) is 40.1 Å². The van der Waals surface area contributed by atoms with Gasteiger partial charge in [-0.25, -0.2) is 0 Å². The molecule has 0 saturated carbocycles. The second kappa shape index (κ2) is 9.60. The number of carbonyl (C=O) groups is 1. The van der Waals surface area contributed by atoms with Gasteiger partial charge in [-0.05, 0) is 31.4 Å². The predicted octanol–water partition coefficient (Wildman–Crippen LogP) is 4.38. The molecule has 0 aliphatic carbocycles. The van der Waals surface area contributed by atoms with E-state index in [0.717, 1.165) is 35.3 Å². The molecule has 0 spiro atoms. The molecule has 2 aliphatic heterocycles. The number of fused-ring (bicyclic) bond motifs is 1. The zero-order chi connectivity index (χ0) is 19.2. The lowest BCUT2D eigenvalue weighted by atomic mass is 10.1. The second-order valence-electron chi connectivity index (χ2n) is 7.07. The van der Waals surface area contributed by atoms with E-state index >= 15 is 0 Å². The van der Waals surface area contributed by atoms with E-state index in [-0.39, 0.29) is 12.0 Å². The highest BCUT2D eigenvalue weighted by atomic mass is 33.1. The lowest BCUT2D eigenvalue weighted by Gasteiger charge is -2.26. The number of rotatable bonds is 8. The largest absolute Gasteiger partial charge is 0.486 e. The van der Waals surface area contributed by atoms with Gasteiger partial charge in [0.05, 0.1) is 18.4 Å². The summed E-state index contributed by atoms with van der Waals surface area (Å²) in [5, 5.41) is 8.05. The van der Waals surface area contributed by atoms with Gasteiger partial charge in [-0.2, -0.15) is 5.10 Å². The number of hydrogen-bond acceptors (Lipinski definition) is 6. The fourth-order valence-corrected chi connectivity index (χ4v) is 6.36. The molecule has 3 heterocycles. The van der Waals surface area contributed by atoms with Gasteiger partial charge in [0.2, 0.25) is 5.91 Å². The van der Waals surface area contributed by atoms with Crippen LogP contribution in [0.15, 0.2) is 36.7 Å². The Morgan fingerprint density at radius 2 is 2.18 bits per heavy atom. The second-order valence-corrected chi connectivity index (χ2v) is 9.86. The van der Waals surface area contributed by atoms with Gasteiger partial charge in [0, 0.05) is 23.6 Å². The average molecular weight is 420 g/mol. The Hall–Kier alpha value is -1.80. The fraction of sp³-hybridized carbons (Fsp3) is 0.500. The summed E-state index contributed by atoms with van der Waals surface area (Å²) in [5.74, 6) is 2.86. The summed E-state index contributed by atoms with van der Waals surface area (Å²) in [4.78, 5) is 12.1. The number of para-hydroxylation sites is 2. The molecule has 1 N–H and O–H groups in total. The third-order valence-corrected chi connectivity index (χ3v) is 7.79. The lowest BCUT2D eigenvalue weighted by molar-refractivity contribution is -0.116. The highest BCUT2D eigenvalue weighted by molar-refractivity contribution is 8.77. The number of amides is 1. The number of hydrogen-bond donors (Lipinski definition) is 1. The van der Waals surface area contributed by atoms with Crippen LogP contribution in [0.5, 0.6) is 11.5 Å². The van der Waals surface area contributed by atoms with Gasteiger partial charge in [0.25, 0.3) is 0 Å². The molecule has 1 amide bonds. The molecule has 150 valence electrons. The molecule has 1 fully saturated rings. The Labute approximate surface area is 173 Å². The number of unbranched alkanes of at least 4 members (excludes halogenated alkanes) is 1. The highest BCUT2D eigenvalue weighted by Crippen LogP contribution is 2.39. The molecular formula is C20H25N3O3S2. The summed E-state index contributed by atoms with van der Waals surface area (Å²) in [6.07, 6.45) is 8.56. The van der Waals surface area contributed by atoms with E-state index in [1.807, 2.05) is 52.1 Å². The maximum atomic E-state index is 12.1. The van der Waals surface area contributed by atoms with Gasteiger partial charge in [0.1, 0.15) is 6.61 Å². The quantitative estimate of drug-likeness (QED) is 0.506. The molecule has 4 rings (SSSR count). The van der Waals surface area contributed by atoms with Crippen LogP contribution >= 0.6 is 21.6 Å². The lowest BCUT2D eigenvalue weighted by Crippen LogP contribution is -2.33. The minimum absolute atomic E-state index is 0.0548. The number of benzene rings is 1. The maximum absolute atomic E-state index is 12.1. The molecule has 0 radical (unpaired) electrons. The molecule has 0 unspecified atom stereocenters. The Balaban J connectivity index is 1.18. The molecule has 0 bridgehead atoms. The van der Waals surface area contributed by atoms with Crippen LogP contribution in [0.2, 0.25) is 0 Å². The van der Waals surface area contributed by atoms with Crippen molar-refractivity contribution in [2.24, 2.45) is 0 Å². The van der Waals surface area contributed by atoms with E-state index in [4.69, 9.17) is 9.47 Å². The van der Waals surface area contributed by atoms with Gasteiger partial charge in [-0.15, -0.1) is 0 Å². The van der Waals surface area contributed by atoms with Gasteiger partial charge in [0.15, 0.2) is 17.6 Å². The summed E-state index contributed by atoms with van der Waals surface area (Å²) in [7, 11) is 3.97. The van der Waals surface area contributed by atoms with Crippen LogP contribution in [0.4, 0.5) is 5.69 Å². The van der Waals surface area contributed by atoms with Crippen molar-refractivity contribution < 1.29 is 14.3 Å². The van der Waals surface area contributed by atoms with Crippen LogP contribution in [0.3, 0.4) is 0 Å². The molecule has 1 aromatic heterocycles. The topological polar surface area (TPSA) is 65.4 Å². The molecule has 28 heavy (non-hydrogen) atoms. The fourth-order valence-electron chi connectivity index (χ4n) is 3.34. The number of nitrogens with one attached hydrogen (secondary N) is 1. The standard InChI is InChI=1S/C20H25N3O3S2/c24-20(8-4-1-5-17-9-10-27-28-17)22-15-11-21-23(12-15)13-16-14-25-18-6-2-3-7-19(18)26-16/h2-3,6-7,11-12,16-17H,1,4-5,8-10,13-14H2,(H,22,24)/t16-,17+/m0/s1. The summed E-state index contributed by atoms with van der Waals surface area (Å²) in [6, 6.07) is 7.66. The van der Waals surface area contributed by atoms with Crippen molar-refractivity contribution in [1.82, 2.24) is 9.78 Å². The van der Waals surface area contributed by atoms with Gasteiger partial charge < -0.3 is 14.8 Å². The molecule has 1 saturated heterocycles. The summed E-state index contributed by atoms with van der Waals surface area (Å²) < 4.78 is 13.5. The predicted molar refractivity (Wildman–Crippen MR) is 114 cm³/mol. The number of ether oxygens (including phenoxy) is 2. The third kappa shape index (κ3) is 5.38. The van der Waals surface area contributed by atoms with Crippen LogP contribution in [-0.2, 0) is 11.3 Å². The van der Waals surface area contributed by atoms with Crippen LogP contribution in [0.1, 0.15) is 32.1 Å². The van der Waals surface area contributed by atoms with E-state index in [1.54, 1.807) is 10.9 Å². The first-order chi connectivity index (χ1) is 13.8. The van der Waals surface area contributed by atoms with Crippen LogP contribution in [0, 0.1) is 0 Å². The van der Waals surface area contributed by atoms with Crippen molar-refractivity contribution in [3.05, 3.63) is 36.7 Å². The van der Waals surface area contributed by atoms with Crippen molar-refractivity contribution in [1.29, 1.82) is 0 Å². The normalized spacial score (nSPS) is 20.9.